The van der Waals surface area contributed by atoms with Gasteiger partial charge in [-0.1, -0.05) is 6.08 Å². The van der Waals surface area contributed by atoms with E-state index < -0.39 is 0 Å². The van der Waals surface area contributed by atoms with E-state index >= 15 is 0 Å². The predicted molar refractivity (Wildman–Crippen MR) is 95.1 cm³/mol. The number of hydrogen-bond acceptors (Lipinski definition) is 5. The number of hydrogen-bond donors (Lipinski definition) is 0. The zero-order valence-electron chi connectivity index (χ0n) is 12.1. The van der Waals surface area contributed by atoms with Gasteiger partial charge in [0.2, 0.25) is 0 Å². The fourth-order valence-electron chi connectivity index (χ4n) is 1.96. The zero-order valence-corrected chi connectivity index (χ0v) is 15.1. The van der Waals surface area contributed by atoms with Crippen molar-refractivity contribution in [1.29, 1.82) is 0 Å². The molecule has 0 radical (unpaired) electrons. The van der Waals surface area contributed by atoms with Crippen LogP contribution >= 0.6 is 34.4 Å². The Morgan fingerprint density at radius 3 is 2.64 bits per heavy atom. The van der Waals surface area contributed by atoms with Crippen molar-refractivity contribution in [2.45, 2.75) is 0 Å². The molecule has 1 fully saturated rings. The molecule has 1 aliphatic rings. The normalized spacial score (nSPS) is 16.3. The van der Waals surface area contributed by atoms with Gasteiger partial charge in [0.1, 0.15) is 0 Å². The van der Waals surface area contributed by atoms with Gasteiger partial charge in [-0.25, -0.2) is 0 Å². The lowest BCUT2D eigenvalue weighted by Gasteiger charge is -2.11. The van der Waals surface area contributed by atoms with E-state index in [-0.39, 0.29) is 17.7 Å². The highest BCUT2D eigenvalue weighted by Gasteiger charge is 2.34. The largest absolute Gasteiger partial charge is 0.493 e. The van der Waals surface area contributed by atoms with Gasteiger partial charge in [0.15, 0.2) is 11.5 Å². The average Bonchev–Trinajstić information content (AvgIpc) is 2.74. The lowest BCUT2D eigenvalue weighted by atomic mass is 10.2. The van der Waals surface area contributed by atoms with Crippen molar-refractivity contribution in [3.05, 3.63) is 38.8 Å². The minimum atomic E-state index is -0.306. The molecule has 0 aromatic heterocycles. The summed E-state index contributed by atoms with van der Waals surface area (Å²) in [6, 6.07) is 3.63. The molecule has 0 atom stereocenters. The third-order valence-electron chi connectivity index (χ3n) is 2.94. The Labute approximate surface area is 146 Å². The molecule has 1 aliphatic heterocycles. The van der Waals surface area contributed by atoms with E-state index in [0.717, 1.165) is 25.8 Å². The van der Waals surface area contributed by atoms with Crippen LogP contribution in [-0.2, 0) is 4.79 Å². The van der Waals surface area contributed by atoms with Crippen LogP contribution in [0.3, 0.4) is 0 Å². The van der Waals surface area contributed by atoms with Crippen LogP contribution in [0.1, 0.15) is 5.56 Å². The Kier molecular flexibility index (Phi) is 5.52. The topological polar surface area (TPSA) is 55.8 Å². The molecule has 1 aromatic carbocycles. The van der Waals surface area contributed by atoms with Gasteiger partial charge in [-0.15, -0.1) is 6.58 Å². The first-order chi connectivity index (χ1) is 10.5. The Hall–Kier alpha value is -1.48. The Morgan fingerprint density at radius 2 is 2.05 bits per heavy atom. The van der Waals surface area contributed by atoms with Crippen LogP contribution < -0.4 is 9.47 Å². The minimum Gasteiger partial charge on any atom is -0.493 e. The molecule has 0 saturated carbocycles. The molecule has 1 heterocycles. The van der Waals surface area contributed by atoms with Crippen molar-refractivity contribution in [3.8, 4) is 11.5 Å². The number of imide groups is 1. The molecule has 0 aliphatic carbocycles. The first kappa shape index (κ1) is 16.9. The Morgan fingerprint density at radius 1 is 1.32 bits per heavy atom. The number of carbonyl (C=O) groups is 2. The van der Waals surface area contributed by atoms with Crippen molar-refractivity contribution in [2.24, 2.45) is 0 Å². The number of methoxy groups -OCH3 is 2. The number of ether oxygens (including phenoxy) is 2. The lowest BCUT2D eigenvalue weighted by molar-refractivity contribution is -0.122. The van der Waals surface area contributed by atoms with E-state index in [1.54, 1.807) is 26.4 Å². The average molecular weight is 431 g/mol. The van der Waals surface area contributed by atoms with Gasteiger partial charge in [0.25, 0.3) is 11.1 Å². The SMILES string of the molecule is C=CCN1C(=O)SC(=Cc2cc(I)c(OC)c(OC)c2)C1=O. The lowest BCUT2D eigenvalue weighted by Crippen LogP contribution is -2.27. The highest BCUT2D eigenvalue weighted by Crippen LogP contribution is 2.36. The van der Waals surface area contributed by atoms with Crippen molar-refractivity contribution in [1.82, 2.24) is 4.90 Å². The van der Waals surface area contributed by atoms with E-state index in [2.05, 4.69) is 29.2 Å². The first-order valence-corrected chi connectivity index (χ1v) is 8.19. The summed E-state index contributed by atoms with van der Waals surface area (Å²) < 4.78 is 11.4. The van der Waals surface area contributed by atoms with Crippen molar-refractivity contribution in [2.75, 3.05) is 20.8 Å². The van der Waals surface area contributed by atoms with Crippen LogP contribution in [0.4, 0.5) is 4.79 Å². The third-order valence-corrected chi connectivity index (χ3v) is 4.65. The number of nitrogens with zero attached hydrogens (tertiary/aromatic N) is 1. The van der Waals surface area contributed by atoms with Gasteiger partial charge in [0, 0.05) is 6.54 Å². The highest BCUT2D eigenvalue weighted by molar-refractivity contribution is 14.1. The number of rotatable bonds is 5. The second-order valence-electron chi connectivity index (χ2n) is 4.32. The number of amides is 2. The van der Waals surface area contributed by atoms with E-state index in [0.29, 0.717) is 16.4 Å². The van der Waals surface area contributed by atoms with Gasteiger partial charge >= 0.3 is 0 Å². The highest BCUT2D eigenvalue weighted by atomic mass is 127. The van der Waals surface area contributed by atoms with Crippen LogP contribution in [0, 0.1) is 3.57 Å². The molecule has 2 rings (SSSR count). The third kappa shape index (κ3) is 3.30. The van der Waals surface area contributed by atoms with Gasteiger partial charge in [-0.2, -0.15) is 0 Å². The fraction of sp³-hybridized carbons (Fsp3) is 0.200. The summed E-state index contributed by atoms with van der Waals surface area (Å²) in [4.78, 5) is 25.5. The second-order valence-corrected chi connectivity index (χ2v) is 6.47. The summed E-state index contributed by atoms with van der Waals surface area (Å²) in [5.41, 5.74) is 0.770. The summed E-state index contributed by atoms with van der Waals surface area (Å²) >= 11 is 3.05. The molecule has 7 heteroatoms. The second kappa shape index (κ2) is 7.19. The molecule has 1 aromatic rings. The molecule has 0 unspecified atom stereocenters. The number of benzene rings is 1. The molecule has 5 nitrogen and oxygen atoms in total. The van der Waals surface area contributed by atoms with Crippen molar-refractivity contribution in [3.63, 3.8) is 0 Å². The molecular formula is C15H14INO4S. The maximum Gasteiger partial charge on any atom is 0.293 e. The maximum absolute atomic E-state index is 12.2. The smallest absolute Gasteiger partial charge is 0.293 e. The molecule has 1 saturated heterocycles. The van der Waals surface area contributed by atoms with Gasteiger partial charge in [-0.3, -0.25) is 14.5 Å². The summed E-state index contributed by atoms with van der Waals surface area (Å²) in [5.74, 6) is 0.908. The van der Waals surface area contributed by atoms with Crippen LogP contribution in [-0.4, -0.2) is 36.8 Å². The minimum absolute atomic E-state index is 0.214. The zero-order chi connectivity index (χ0) is 16.3. The number of carbonyl (C=O) groups excluding carboxylic acids is 2. The van der Waals surface area contributed by atoms with Crippen LogP contribution in [0.25, 0.3) is 6.08 Å². The van der Waals surface area contributed by atoms with Crippen LogP contribution in [0.15, 0.2) is 29.7 Å². The van der Waals surface area contributed by atoms with E-state index in [4.69, 9.17) is 9.47 Å². The van der Waals surface area contributed by atoms with Crippen LogP contribution in [0.2, 0.25) is 0 Å². The quantitative estimate of drug-likeness (QED) is 0.406. The molecular weight excluding hydrogens is 417 g/mol. The molecule has 0 N–H and O–H groups in total. The van der Waals surface area contributed by atoms with Crippen LogP contribution in [0.5, 0.6) is 11.5 Å². The summed E-state index contributed by atoms with van der Waals surface area (Å²) in [6.45, 7) is 3.76. The van der Waals surface area contributed by atoms with E-state index in [9.17, 15) is 9.59 Å². The number of thioether (sulfide) groups is 1. The van der Waals surface area contributed by atoms with E-state index in [1.807, 2.05) is 6.07 Å². The van der Waals surface area contributed by atoms with Crippen molar-refractivity contribution < 1.29 is 19.1 Å². The molecule has 22 heavy (non-hydrogen) atoms. The summed E-state index contributed by atoms with van der Waals surface area (Å²) in [6.07, 6.45) is 3.21. The molecule has 0 spiro atoms. The van der Waals surface area contributed by atoms with Crippen molar-refractivity contribution >= 4 is 51.6 Å². The monoisotopic (exact) mass is 431 g/mol. The van der Waals surface area contributed by atoms with Gasteiger partial charge in [0.05, 0.1) is 22.7 Å². The maximum atomic E-state index is 12.2. The Balaban J connectivity index is 2.38. The number of halogens is 1. The fourth-order valence-corrected chi connectivity index (χ4v) is 3.65. The standard InChI is InChI=1S/C15H14INO4S/c1-4-5-17-14(18)12(22-15(17)19)8-9-6-10(16)13(21-3)11(7-9)20-2/h4,6-8H,1,5H2,2-3H3. The molecule has 116 valence electrons. The van der Waals surface area contributed by atoms with E-state index in [1.165, 1.54) is 6.08 Å². The molecule has 2 amide bonds. The summed E-state index contributed by atoms with van der Waals surface area (Å²) in [7, 11) is 3.12. The van der Waals surface area contributed by atoms with Gasteiger partial charge in [-0.05, 0) is 58.1 Å². The predicted octanol–water partition coefficient (Wildman–Crippen LogP) is 3.53. The Bertz CT molecular complexity index is 672. The molecule has 0 bridgehead atoms. The first-order valence-electron chi connectivity index (χ1n) is 6.29. The summed E-state index contributed by atoms with van der Waals surface area (Å²) in [5, 5.41) is -0.286. The van der Waals surface area contributed by atoms with Gasteiger partial charge < -0.3 is 9.47 Å².